The maximum absolute atomic E-state index is 12.0. The molecule has 2 aliphatic rings. The van der Waals surface area contributed by atoms with Crippen LogP contribution < -0.4 is 20.4 Å². The zero-order chi connectivity index (χ0) is 22.7. The highest BCUT2D eigenvalue weighted by molar-refractivity contribution is 7.80. The zero-order valence-electron chi connectivity index (χ0n) is 19.4. The van der Waals surface area contributed by atoms with Crippen molar-refractivity contribution in [3.05, 3.63) is 53.6 Å². The van der Waals surface area contributed by atoms with Gasteiger partial charge in [0, 0.05) is 43.1 Å². The first-order chi connectivity index (χ1) is 15.4. The van der Waals surface area contributed by atoms with Crippen molar-refractivity contribution in [3.63, 3.8) is 0 Å². The van der Waals surface area contributed by atoms with Crippen molar-refractivity contribution in [3.8, 4) is 0 Å². The lowest BCUT2D eigenvalue weighted by molar-refractivity contribution is -0.117. The average molecular weight is 451 g/mol. The second-order valence-corrected chi connectivity index (χ2v) is 9.64. The Bertz CT molecular complexity index is 966. The van der Waals surface area contributed by atoms with Crippen molar-refractivity contribution in [1.29, 1.82) is 0 Å². The Hall–Kier alpha value is -2.60. The van der Waals surface area contributed by atoms with Gasteiger partial charge in [-0.2, -0.15) is 0 Å². The number of amides is 1. The molecule has 0 spiro atoms. The Balaban J connectivity index is 1.32. The smallest absolute Gasteiger partial charge is 0.227 e. The molecule has 2 heterocycles. The molecule has 2 saturated heterocycles. The normalized spacial score (nSPS) is 18.0. The third-order valence-electron chi connectivity index (χ3n) is 6.71. The Morgan fingerprint density at radius 2 is 1.81 bits per heavy atom. The van der Waals surface area contributed by atoms with Crippen LogP contribution in [0.2, 0.25) is 0 Å². The Morgan fingerprint density at radius 3 is 2.44 bits per heavy atom. The highest BCUT2D eigenvalue weighted by Gasteiger charge is 2.23. The molecule has 2 aliphatic heterocycles. The molecule has 0 aromatic heterocycles. The van der Waals surface area contributed by atoms with Gasteiger partial charge in [-0.1, -0.05) is 19.1 Å². The van der Waals surface area contributed by atoms with Crippen LogP contribution in [-0.2, 0) is 4.79 Å². The maximum atomic E-state index is 12.0. The van der Waals surface area contributed by atoms with E-state index in [1.807, 2.05) is 30.0 Å². The number of nitrogens with zero attached hydrogens (tertiary/aromatic N) is 2. The van der Waals surface area contributed by atoms with Crippen molar-refractivity contribution < 1.29 is 4.79 Å². The van der Waals surface area contributed by atoms with Crippen molar-refractivity contribution >= 4 is 40.3 Å². The molecule has 6 heteroatoms. The molecular weight excluding hydrogens is 416 g/mol. The van der Waals surface area contributed by atoms with Crippen LogP contribution in [-0.4, -0.2) is 30.7 Å². The summed E-state index contributed by atoms with van der Waals surface area (Å²) in [5.41, 5.74) is 5.51. The molecule has 2 aromatic rings. The monoisotopic (exact) mass is 450 g/mol. The summed E-state index contributed by atoms with van der Waals surface area (Å²) in [7, 11) is 0. The second-order valence-electron chi connectivity index (χ2n) is 9.23. The fraction of sp³-hybridized carbons (Fsp3) is 0.462. The molecule has 0 bridgehead atoms. The van der Waals surface area contributed by atoms with E-state index in [1.165, 1.54) is 24.1 Å². The van der Waals surface area contributed by atoms with Crippen LogP contribution in [0.1, 0.15) is 56.7 Å². The van der Waals surface area contributed by atoms with Crippen LogP contribution in [0, 0.1) is 12.8 Å². The van der Waals surface area contributed by atoms with Gasteiger partial charge in [-0.15, -0.1) is 0 Å². The summed E-state index contributed by atoms with van der Waals surface area (Å²) < 4.78 is 0. The van der Waals surface area contributed by atoms with Crippen LogP contribution in [0.5, 0.6) is 0 Å². The first kappa shape index (κ1) is 22.6. The minimum Gasteiger partial charge on any atom is -0.372 e. The van der Waals surface area contributed by atoms with Crippen molar-refractivity contribution in [1.82, 2.24) is 5.32 Å². The molecule has 1 amide bonds. The van der Waals surface area contributed by atoms with E-state index < -0.39 is 0 Å². The molecule has 4 rings (SSSR count). The summed E-state index contributed by atoms with van der Waals surface area (Å²) in [6.45, 7) is 9.60. The highest BCUT2D eigenvalue weighted by Crippen LogP contribution is 2.28. The van der Waals surface area contributed by atoms with Crippen molar-refractivity contribution in [2.24, 2.45) is 5.92 Å². The Morgan fingerprint density at radius 1 is 1.09 bits per heavy atom. The number of carbonyl (C=O) groups is 1. The van der Waals surface area contributed by atoms with Gasteiger partial charge in [0.2, 0.25) is 5.91 Å². The van der Waals surface area contributed by atoms with Gasteiger partial charge in [-0.25, -0.2) is 0 Å². The minimum atomic E-state index is 0.105. The molecule has 0 aliphatic carbocycles. The van der Waals surface area contributed by atoms with E-state index in [2.05, 4.69) is 53.6 Å². The van der Waals surface area contributed by atoms with Gasteiger partial charge in [0.1, 0.15) is 0 Å². The summed E-state index contributed by atoms with van der Waals surface area (Å²) in [5, 5.41) is 7.27. The highest BCUT2D eigenvalue weighted by atomic mass is 32.1. The van der Waals surface area contributed by atoms with Gasteiger partial charge in [0.15, 0.2) is 5.11 Å². The number of aryl methyl sites for hydroxylation is 1. The summed E-state index contributed by atoms with van der Waals surface area (Å²) in [4.78, 5) is 16.4. The zero-order valence-corrected chi connectivity index (χ0v) is 20.2. The maximum Gasteiger partial charge on any atom is 0.227 e. The third kappa shape index (κ3) is 5.23. The fourth-order valence-corrected chi connectivity index (χ4v) is 4.92. The minimum absolute atomic E-state index is 0.105. The van der Waals surface area contributed by atoms with E-state index in [4.69, 9.17) is 12.2 Å². The van der Waals surface area contributed by atoms with Gasteiger partial charge in [-0.05, 0) is 92.7 Å². The molecule has 2 N–H and O–H groups in total. The molecule has 32 heavy (non-hydrogen) atoms. The molecule has 2 fully saturated rings. The molecule has 0 radical (unpaired) electrons. The van der Waals surface area contributed by atoms with Crippen LogP contribution >= 0.6 is 12.2 Å². The molecule has 1 atom stereocenters. The van der Waals surface area contributed by atoms with Crippen molar-refractivity contribution in [2.75, 3.05) is 34.8 Å². The summed E-state index contributed by atoms with van der Waals surface area (Å²) in [5.74, 6) is 1.05. The Labute approximate surface area is 197 Å². The number of piperidine rings is 1. The lowest BCUT2D eigenvalue weighted by Gasteiger charge is -2.32. The topological polar surface area (TPSA) is 47.6 Å². The van der Waals surface area contributed by atoms with E-state index in [0.29, 0.717) is 11.5 Å². The van der Waals surface area contributed by atoms with Gasteiger partial charge >= 0.3 is 0 Å². The molecular formula is C26H34N4OS. The van der Waals surface area contributed by atoms with Gasteiger partial charge in [0.25, 0.3) is 0 Å². The predicted octanol–water partition coefficient (Wildman–Crippen LogP) is 5.41. The number of thiocarbonyl (C=S) groups is 1. The lowest BCUT2D eigenvalue weighted by Crippen LogP contribution is -2.33. The average Bonchev–Trinajstić information content (AvgIpc) is 3.20. The number of carbonyl (C=O) groups excluding carboxylic acids is 1. The first-order valence-corrected chi connectivity index (χ1v) is 12.1. The number of benzene rings is 2. The SMILES string of the molecule is Cc1cc(NC(=S)N[C@@H](C)c2ccc(N3CCC(C)CC3)cc2)ccc1N1CCCC1=O. The number of rotatable bonds is 5. The molecule has 2 aromatic carbocycles. The van der Waals surface area contributed by atoms with Crippen LogP contribution in [0.4, 0.5) is 17.1 Å². The quantitative estimate of drug-likeness (QED) is 0.597. The van der Waals surface area contributed by atoms with E-state index in [1.54, 1.807) is 0 Å². The Kier molecular flexibility index (Phi) is 6.99. The van der Waals surface area contributed by atoms with Crippen LogP contribution in [0.3, 0.4) is 0 Å². The van der Waals surface area contributed by atoms with Crippen molar-refractivity contribution in [2.45, 2.75) is 52.5 Å². The van der Waals surface area contributed by atoms with Crippen LogP contribution in [0.25, 0.3) is 0 Å². The number of hydrogen-bond acceptors (Lipinski definition) is 3. The molecule has 0 saturated carbocycles. The van der Waals surface area contributed by atoms with Gasteiger partial charge in [-0.3, -0.25) is 4.79 Å². The molecule has 0 unspecified atom stereocenters. The first-order valence-electron chi connectivity index (χ1n) is 11.7. The van der Waals surface area contributed by atoms with E-state index in [9.17, 15) is 4.79 Å². The van der Waals surface area contributed by atoms with E-state index in [-0.39, 0.29) is 11.9 Å². The van der Waals surface area contributed by atoms with E-state index in [0.717, 1.165) is 48.9 Å². The standard InChI is InChI=1S/C26H34N4OS/c1-18-12-15-29(16-13-18)23-9-6-21(7-10-23)20(3)27-26(32)28-22-8-11-24(19(2)17-22)30-14-4-5-25(30)31/h6-11,17-18,20H,4-5,12-16H2,1-3H3,(H2,27,28,32)/t20-/m0/s1. The van der Waals surface area contributed by atoms with Crippen LogP contribution in [0.15, 0.2) is 42.5 Å². The number of anilines is 3. The van der Waals surface area contributed by atoms with Gasteiger partial charge < -0.3 is 20.4 Å². The number of nitrogens with one attached hydrogen (secondary N) is 2. The lowest BCUT2D eigenvalue weighted by atomic mass is 9.98. The second kappa shape index (κ2) is 9.90. The van der Waals surface area contributed by atoms with Gasteiger partial charge in [0.05, 0.1) is 6.04 Å². The predicted molar refractivity (Wildman–Crippen MR) is 138 cm³/mol. The third-order valence-corrected chi connectivity index (χ3v) is 6.93. The number of hydrogen-bond donors (Lipinski definition) is 2. The summed E-state index contributed by atoms with van der Waals surface area (Å²) >= 11 is 5.56. The summed E-state index contributed by atoms with van der Waals surface area (Å²) in [6.07, 6.45) is 4.12. The molecule has 5 nitrogen and oxygen atoms in total. The fourth-order valence-electron chi connectivity index (χ4n) is 4.63. The largest absolute Gasteiger partial charge is 0.372 e. The van der Waals surface area contributed by atoms with E-state index >= 15 is 0 Å². The molecule has 170 valence electrons. The summed E-state index contributed by atoms with van der Waals surface area (Å²) in [6, 6.07) is 15.0.